The van der Waals surface area contributed by atoms with Crippen LogP contribution in [0.1, 0.15) is 11.8 Å². The molecule has 0 spiro atoms. The number of nitrogens with zero attached hydrogens (tertiary/aromatic N) is 1. The third kappa shape index (κ3) is 3.91. The summed E-state index contributed by atoms with van der Waals surface area (Å²) in [5.74, 6) is 0.840. The Bertz CT molecular complexity index is 1430. The smallest absolute Gasteiger partial charge is 0.196 e. The van der Waals surface area contributed by atoms with E-state index in [1.807, 2.05) is 42.6 Å². The molecule has 0 radical (unpaired) electrons. The second-order valence-corrected chi connectivity index (χ2v) is 8.71. The predicted octanol–water partition coefficient (Wildman–Crippen LogP) is 8.24. The van der Waals surface area contributed by atoms with Gasteiger partial charge in [0, 0.05) is 28.5 Å². The van der Waals surface area contributed by atoms with Crippen LogP contribution in [0.15, 0.2) is 116 Å². The van der Waals surface area contributed by atoms with E-state index >= 15 is 0 Å². The van der Waals surface area contributed by atoms with Crippen molar-refractivity contribution < 1.29 is 4.74 Å². The fraction of sp³-hybridized carbons (Fsp3) is 0.0333. The predicted molar refractivity (Wildman–Crippen MR) is 139 cm³/mol. The highest BCUT2D eigenvalue weighted by atomic mass is 35.5. The summed E-state index contributed by atoms with van der Waals surface area (Å²) in [6, 6.07) is 35.1. The van der Waals surface area contributed by atoms with Gasteiger partial charge in [0.1, 0.15) is 5.75 Å². The van der Waals surface area contributed by atoms with Gasteiger partial charge in [-0.05, 0) is 58.1 Å². The molecule has 1 aromatic heterocycles. The van der Waals surface area contributed by atoms with Crippen LogP contribution in [0.2, 0.25) is 5.02 Å². The Balaban J connectivity index is 1.41. The van der Waals surface area contributed by atoms with E-state index in [2.05, 4.69) is 77.0 Å². The maximum Gasteiger partial charge on any atom is 0.196 e. The first-order chi connectivity index (χ1) is 16.7. The molecular weight excluding hydrogens is 440 g/mol. The molecule has 3 nitrogen and oxygen atoms in total. The van der Waals surface area contributed by atoms with Gasteiger partial charge in [-0.25, -0.2) is 0 Å². The van der Waals surface area contributed by atoms with Gasteiger partial charge >= 0.3 is 0 Å². The van der Waals surface area contributed by atoms with Crippen molar-refractivity contribution in [3.8, 4) is 39.1 Å². The van der Waals surface area contributed by atoms with Crippen LogP contribution < -0.4 is 10.1 Å². The van der Waals surface area contributed by atoms with E-state index in [0.29, 0.717) is 5.02 Å². The van der Waals surface area contributed by atoms with Gasteiger partial charge in [-0.3, -0.25) is 4.98 Å². The molecule has 1 atom stereocenters. The molecule has 0 aliphatic carbocycles. The summed E-state index contributed by atoms with van der Waals surface area (Å²) >= 11 is 6.09. The van der Waals surface area contributed by atoms with Crippen LogP contribution in [0.25, 0.3) is 33.4 Å². The number of fused-ring (bicyclic) bond motifs is 1. The standard InChI is InChI=1S/C30H21ClN2O/c31-26-14-12-23(13-15-26)30-33-29-27(22-5-2-1-3-6-22)17-25(18-28(29)34-30)21-10-8-20(9-11-21)24-7-4-16-32-19-24/h1-19,30,33H. The van der Waals surface area contributed by atoms with Gasteiger partial charge in [-0.15, -0.1) is 0 Å². The van der Waals surface area contributed by atoms with Gasteiger partial charge in [0.25, 0.3) is 0 Å². The first kappa shape index (κ1) is 20.5. The Morgan fingerprint density at radius 1 is 0.676 bits per heavy atom. The highest BCUT2D eigenvalue weighted by molar-refractivity contribution is 6.30. The van der Waals surface area contributed by atoms with Crippen LogP contribution in [-0.4, -0.2) is 4.98 Å². The number of pyridine rings is 1. The van der Waals surface area contributed by atoms with Gasteiger partial charge < -0.3 is 10.1 Å². The Kier molecular flexibility index (Phi) is 5.25. The fourth-order valence-electron chi connectivity index (χ4n) is 4.33. The molecule has 4 aromatic carbocycles. The first-order valence-electron chi connectivity index (χ1n) is 11.2. The SMILES string of the molecule is Clc1ccc(C2Nc3c(cc(-c4ccc(-c5cccnc5)cc4)cc3-c3ccccc3)O2)cc1. The molecule has 1 N–H and O–H groups in total. The number of ether oxygens (including phenoxy) is 1. The van der Waals surface area contributed by atoms with Crippen molar-refractivity contribution in [3.63, 3.8) is 0 Å². The third-order valence-electron chi connectivity index (χ3n) is 6.09. The van der Waals surface area contributed by atoms with E-state index in [9.17, 15) is 0 Å². The number of hydrogen-bond acceptors (Lipinski definition) is 3. The van der Waals surface area contributed by atoms with Gasteiger partial charge in [-0.2, -0.15) is 0 Å². The number of aromatic nitrogens is 1. The molecule has 1 aliphatic rings. The van der Waals surface area contributed by atoms with Gasteiger partial charge in [0.15, 0.2) is 6.23 Å². The van der Waals surface area contributed by atoms with Crippen LogP contribution in [0.5, 0.6) is 5.75 Å². The molecule has 1 aliphatic heterocycles. The van der Waals surface area contributed by atoms with Crippen LogP contribution in [0.3, 0.4) is 0 Å². The zero-order valence-electron chi connectivity index (χ0n) is 18.3. The normalized spacial score (nSPS) is 14.2. The summed E-state index contributed by atoms with van der Waals surface area (Å²) in [6.45, 7) is 0. The topological polar surface area (TPSA) is 34.2 Å². The number of nitrogens with one attached hydrogen (secondary N) is 1. The minimum absolute atomic E-state index is 0.266. The molecule has 164 valence electrons. The Labute approximate surface area is 203 Å². The van der Waals surface area contributed by atoms with Gasteiger partial charge in [0.05, 0.1) is 5.69 Å². The highest BCUT2D eigenvalue weighted by Crippen LogP contribution is 2.47. The van der Waals surface area contributed by atoms with Crippen LogP contribution in [0.4, 0.5) is 5.69 Å². The number of anilines is 1. The Hall–Kier alpha value is -4.08. The van der Waals surface area contributed by atoms with Gasteiger partial charge in [-0.1, -0.05) is 84.4 Å². The molecule has 0 bridgehead atoms. The molecule has 4 heteroatoms. The monoisotopic (exact) mass is 460 g/mol. The Morgan fingerprint density at radius 3 is 2.09 bits per heavy atom. The number of halogens is 1. The summed E-state index contributed by atoms with van der Waals surface area (Å²) in [5.41, 5.74) is 8.76. The largest absolute Gasteiger partial charge is 0.464 e. The lowest BCUT2D eigenvalue weighted by Crippen LogP contribution is -2.09. The van der Waals surface area contributed by atoms with Crippen LogP contribution in [-0.2, 0) is 0 Å². The number of hydrogen-bond donors (Lipinski definition) is 1. The number of rotatable bonds is 4. The molecule has 0 saturated heterocycles. The lowest BCUT2D eigenvalue weighted by atomic mass is 9.95. The minimum atomic E-state index is -0.266. The van der Waals surface area contributed by atoms with E-state index in [0.717, 1.165) is 50.4 Å². The number of benzene rings is 4. The van der Waals surface area contributed by atoms with Crippen molar-refractivity contribution in [2.75, 3.05) is 5.32 Å². The Morgan fingerprint density at radius 2 is 1.38 bits per heavy atom. The maximum absolute atomic E-state index is 6.39. The van der Waals surface area contributed by atoms with Crippen molar-refractivity contribution >= 4 is 17.3 Å². The molecule has 0 saturated carbocycles. The molecule has 2 heterocycles. The zero-order valence-corrected chi connectivity index (χ0v) is 19.0. The summed E-state index contributed by atoms with van der Waals surface area (Å²) in [7, 11) is 0. The second kappa shape index (κ2) is 8.69. The summed E-state index contributed by atoms with van der Waals surface area (Å²) < 4.78 is 6.39. The molecule has 0 fully saturated rings. The molecular formula is C30H21ClN2O. The van der Waals surface area contributed by atoms with Crippen LogP contribution in [0, 0.1) is 0 Å². The lowest BCUT2D eigenvalue weighted by molar-refractivity contribution is 0.260. The third-order valence-corrected chi connectivity index (χ3v) is 6.35. The van der Waals surface area contributed by atoms with E-state index in [1.165, 1.54) is 0 Å². The molecule has 0 amide bonds. The van der Waals surface area contributed by atoms with E-state index in [4.69, 9.17) is 16.3 Å². The van der Waals surface area contributed by atoms with E-state index in [1.54, 1.807) is 6.20 Å². The highest BCUT2D eigenvalue weighted by Gasteiger charge is 2.27. The van der Waals surface area contributed by atoms with E-state index < -0.39 is 0 Å². The van der Waals surface area contributed by atoms with Crippen molar-refractivity contribution in [2.24, 2.45) is 0 Å². The van der Waals surface area contributed by atoms with Crippen molar-refractivity contribution in [1.29, 1.82) is 0 Å². The minimum Gasteiger partial charge on any atom is -0.464 e. The fourth-order valence-corrected chi connectivity index (χ4v) is 4.46. The first-order valence-corrected chi connectivity index (χ1v) is 11.6. The quantitative estimate of drug-likeness (QED) is 0.293. The van der Waals surface area contributed by atoms with Crippen LogP contribution >= 0.6 is 11.6 Å². The maximum atomic E-state index is 6.39. The molecule has 5 aromatic rings. The van der Waals surface area contributed by atoms with Gasteiger partial charge in [0.2, 0.25) is 0 Å². The summed E-state index contributed by atoms with van der Waals surface area (Å²) in [6.07, 6.45) is 3.41. The zero-order chi connectivity index (χ0) is 22.9. The summed E-state index contributed by atoms with van der Waals surface area (Å²) in [4.78, 5) is 4.23. The molecule has 34 heavy (non-hydrogen) atoms. The average molecular weight is 461 g/mol. The summed E-state index contributed by atoms with van der Waals surface area (Å²) in [5, 5.41) is 4.28. The van der Waals surface area contributed by atoms with Crippen molar-refractivity contribution in [2.45, 2.75) is 6.23 Å². The van der Waals surface area contributed by atoms with Crippen molar-refractivity contribution in [1.82, 2.24) is 4.98 Å². The molecule has 6 rings (SSSR count). The molecule has 1 unspecified atom stereocenters. The van der Waals surface area contributed by atoms with Crippen molar-refractivity contribution in [3.05, 3.63) is 126 Å². The average Bonchev–Trinajstić information content (AvgIpc) is 3.34. The van der Waals surface area contributed by atoms with E-state index in [-0.39, 0.29) is 6.23 Å². The lowest BCUT2D eigenvalue weighted by Gasteiger charge is -2.12. The second-order valence-electron chi connectivity index (χ2n) is 8.28.